The Labute approximate surface area is 126 Å². The van der Waals surface area contributed by atoms with Crippen molar-refractivity contribution in [1.82, 2.24) is 19.7 Å². The van der Waals surface area contributed by atoms with Gasteiger partial charge in [-0.15, -0.1) is 0 Å². The summed E-state index contributed by atoms with van der Waals surface area (Å²) in [4.78, 5) is 4.01. The smallest absolute Gasteiger partial charge is 0.200 e. The quantitative estimate of drug-likeness (QED) is 0.753. The summed E-state index contributed by atoms with van der Waals surface area (Å²) in [5, 5.41) is 15.8. The average molecular weight is 293 g/mol. The molecule has 0 radical (unpaired) electrons. The molecule has 0 aliphatic rings. The summed E-state index contributed by atoms with van der Waals surface area (Å²) in [5.41, 5.74) is 2.81. The Bertz CT molecular complexity index is 840. The molecule has 0 atom stereocenters. The number of hydrogen-bond acceptors (Lipinski definition) is 4. The highest BCUT2D eigenvalue weighted by molar-refractivity contribution is 7.71. The maximum atomic E-state index is 8.72. The number of nitriles is 1. The molecule has 5 nitrogen and oxygen atoms in total. The number of benzene rings is 1. The van der Waals surface area contributed by atoms with Crippen molar-refractivity contribution in [2.75, 3.05) is 0 Å². The number of aromatic nitrogens is 4. The maximum Gasteiger partial charge on any atom is 0.200 e. The van der Waals surface area contributed by atoms with Crippen LogP contribution in [0.15, 0.2) is 48.8 Å². The van der Waals surface area contributed by atoms with Crippen molar-refractivity contribution in [2.45, 2.75) is 6.42 Å². The highest BCUT2D eigenvalue weighted by Gasteiger charge is 2.10. The Hall–Kier alpha value is -2.78. The lowest BCUT2D eigenvalue weighted by molar-refractivity contribution is 1.03. The monoisotopic (exact) mass is 293 g/mol. The van der Waals surface area contributed by atoms with Gasteiger partial charge in [0.15, 0.2) is 10.6 Å². The van der Waals surface area contributed by atoms with Crippen molar-refractivity contribution >= 4 is 12.2 Å². The molecule has 2 aromatic heterocycles. The average Bonchev–Trinajstić information content (AvgIpc) is 2.91. The summed E-state index contributed by atoms with van der Waals surface area (Å²) in [5.74, 6) is 0.732. The minimum Gasteiger partial charge on any atom is -0.268 e. The summed E-state index contributed by atoms with van der Waals surface area (Å²) in [6.07, 6.45) is 3.83. The van der Waals surface area contributed by atoms with Crippen molar-refractivity contribution < 1.29 is 0 Å². The first-order valence-corrected chi connectivity index (χ1v) is 6.74. The lowest BCUT2D eigenvalue weighted by Gasteiger charge is -2.07. The molecular formula is C15H11N5S. The van der Waals surface area contributed by atoms with E-state index in [4.69, 9.17) is 17.5 Å². The number of H-pyrrole nitrogens is 1. The Morgan fingerprint density at radius 3 is 2.52 bits per heavy atom. The van der Waals surface area contributed by atoms with Crippen LogP contribution in [-0.4, -0.2) is 19.7 Å². The van der Waals surface area contributed by atoms with E-state index < -0.39 is 0 Å². The second-order valence-corrected chi connectivity index (χ2v) is 4.81. The van der Waals surface area contributed by atoms with Crippen LogP contribution in [0, 0.1) is 16.1 Å². The lowest BCUT2D eigenvalue weighted by Crippen LogP contribution is -1.98. The third kappa shape index (κ3) is 2.59. The fraction of sp³-hybridized carbons (Fsp3) is 0.0667. The minimum atomic E-state index is 0.397. The fourth-order valence-corrected chi connectivity index (χ4v) is 2.32. The molecule has 1 aromatic carbocycles. The van der Waals surface area contributed by atoms with Gasteiger partial charge in [0.1, 0.15) is 0 Å². The molecule has 0 spiro atoms. The van der Waals surface area contributed by atoms with Gasteiger partial charge in [0.2, 0.25) is 0 Å². The molecule has 0 saturated heterocycles. The van der Waals surface area contributed by atoms with Crippen molar-refractivity contribution in [1.29, 1.82) is 5.26 Å². The molecular weight excluding hydrogens is 282 g/mol. The Morgan fingerprint density at radius 2 is 1.86 bits per heavy atom. The molecule has 0 bridgehead atoms. The summed E-state index contributed by atoms with van der Waals surface area (Å²) < 4.78 is 2.38. The number of pyridine rings is 1. The van der Waals surface area contributed by atoms with E-state index in [9.17, 15) is 0 Å². The number of aromatic amines is 1. The predicted octanol–water partition coefficient (Wildman–Crippen LogP) is 3.06. The first kappa shape index (κ1) is 13.2. The number of nitrogens with one attached hydrogen (secondary N) is 1. The van der Waals surface area contributed by atoms with Crippen LogP contribution in [0.5, 0.6) is 0 Å². The van der Waals surface area contributed by atoms with E-state index >= 15 is 0 Å². The van der Waals surface area contributed by atoms with Crippen molar-refractivity contribution in [3.05, 3.63) is 59.1 Å². The summed E-state index contributed by atoms with van der Waals surface area (Å²) in [7, 11) is 0. The van der Waals surface area contributed by atoms with E-state index in [1.807, 2.05) is 41.0 Å². The van der Waals surface area contributed by atoms with Crippen LogP contribution in [0.25, 0.3) is 17.1 Å². The molecule has 2 heterocycles. The number of rotatable bonds is 3. The van der Waals surface area contributed by atoms with Crippen LogP contribution >= 0.6 is 12.2 Å². The van der Waals surface area contributed by atoms with Gasteiger partial charge in [0.05, 0.1) is 12.5 Å². The molecule has 0 amide bonds. The molecule has 3 rings (SSSR count). The first-order valence-electron chi connectivity index (χ1n) is 6.33. The van der Waals surface area contributed by atoms with E-state index in [-0.39, 0.29) is 0 Å². The molecule has 0 saturated carbocycles. The Kier molecular flexibility index (Phi) is 3.58. The standard InChI is InChI=1S/C15H11N5S/c16-8-5-11-1-3-13(4-2-11)20-14(18-19-15(20)21)12-6-9-17-10-7-12/h1-4,6-7,9-10H,5H2,(H,19,21). The van der Waals surface area contributed by atoms with Crippen molar-refractivity contribution in [3.8, 4) is 23.1 Å². The van der Waals surface area contributed by atoms with Gasteiger partial charge in [-0.25, -0.2) is 0 Å². The van der Waals surface area contributed by atoms with E-state index in [2.05, 4.69) is 21.3 Å². The van der Waals surface area contributed by atoms with Crippen molar-refractivity contribution in [2.24, 2.45) is 0 Å². The fourth-order valence-electron chi connectivity index (χ4n) is 2.09. The Balaban J connectivity index is 2.09. The van der Waals surface area contributed by atoms with Crippen LogP contribution in [0.2, 0.25) is 0 Å². The highest BCUT2D eigenvalue weighted by atomic mass is 32.1. The van der Waals surface area contributed by atoms with Crippen molar-refractivity contribution in [3.63, 3.8) is 0 Å². The second kappa shape index (κ2) is 5.69. The zero-order valence-corrected chi connectivity index (χ0v) is 11.8. The molecule has 0 aliphatic heterocycles. The van der Waals surface area contributed by atoms with Gasteiger partial charge < -0.3 is 0 Å². The van der Waals surface area contributed by atoms with Crippen LogP contribution in [0.1, 0.15) is 5.56 Å². The van der Waals surface area contributed by atoms with Gasteiger partial charge in [-0.05, 0) is 42.0 Å². The van der Waals surface area contributed by atoms with Crippen LogP contribution in [0.3, 0.4) is 0 Å². The molecule has 3 aromatic rings. The molecule has 0 aliphatic carbocycles. The molecule has 21 heavy (non-hydrogen) atoms. The third-order valence-corrected chi connectivity index (χ3v) is 3.36. The van der Waals surface area contributed by atoms with Gasteiger partial charge >= 0.3 is 0 Å². The van der Waals surface area contributed by atoms with Gasteiger partial charge in [0.25, 0.3) is 0 Å². The van der Waals surface area contributed by atoms with E-state index in [1.54, 1.807) is 12.4 Å². The molecule has 1 N–H and O–H groups in total. The van der Waals surface area contributed by atoms with E-state index in [1.165, 1.54) is 0 Å². The van der Waals surface area contributed by atoms with E-state index in [0.29, 0.717) is 11.2 Å². The molecule has 6 heteroatoms. The first-order chi connectivity index (χ1) is 10.3. The topological polar surface area (TPSA) is 70.3 Å². The van der Waals surface area contributed by atoms with Gasteiger partial charge in [-0.1, -0.05) is 12.1 Å². The third-order valence-electron chi connectivity index (χ3n) is 3.09. The van der Waals surface area contributed by atoms with E-state index in [0.717, 1.165) is 22.6 Å². The van der Waals surface area contributed by atoms with Crippen LogP contribution in [-0.2, 0) is 6.42 Å². The molecule has 0 unspecified atom stereocenters. The number of hydrogen-bond donors (Lipinski definition) is 1. The summed E-state index contributed by atoms with van der Waals surface area (Å²) >= 11 is 5.32. The maximum absolute atomic E-state index is 8.72. The highest BCUT2D eigenvalue weighted by Crippen LogP contribution is 2.21. The summed E-state index contributed by atoms with van der Waals surface area (Å²) in [6, 6.07) is 13.6. The molecule has 102 valence electrons. The summed E-state index contributed by atoms with van der Waals surface area (Å²) in [6.45, 7) is 0. The zero-order chi connectivity index (χ0) is 14.7. The van der Waals surface area contributed by atoms with Gasteiger partial charge in [0, 0.05) is 23.6 Å². The largest absolute Gasteiger partial charge is 0.268 e. The minimum absolute atomic E-state index is 0.397. The second-order valence-electron chi connectivity index (χ2n) is 4.43. The van der Waals surface area contributed by atoms with Gasteiger partial charge in [-0.3, -0.25) is 14.6 Å². The zero-order valence-electron chi connectivity index (χ0n) is 11.0. The lowest BCUT2D eigenvalue weighted by atomic mass is 10.1. The molecule has 0 fully saturated rings. The predicted molar refractivity (Wildman–Crippen MR) is 81.3 cm³/mol. The normalized spacial score (nSPS) is 10.2. The Morgan fingerprint density at radius 1 is 1.14 bits per heavy atom. The SMILES string of the molecule is N#CCc1ccc(-n2c(-c3ccncc3)n[nH]c2=S)cc1. The number of nitrogens with zero attached hydrogens (tertiary/aromatic N) is 4. The van der Waals surface area contributed by atoms with Crippen LogP contribution < -0.4 is 0 Å². The van der Waals surface area contributed by atoms with Gasteiger partial charge in [-0.2, -0.15) is 10.4 Å². The van der Waals surface area contributed by atoms with Crippen LogP contribution in [0.4, 0.5) is 0 Å².